The molecule has 1 N–H and O–H groups in total. The first-order valence-corrected chi connectivity index (χ1v) is 7.06. The third-order valence-corrected chi connectivity index (χ3v) is 3.98. The Morgan fingerprint density at radius 3 is 2.63 bits per heavy atom. The molecular weight excluding hydrogens is 234 g/mol. The zero-order valence-electron chi connectivity index (χ0n) is 12.1. The van der Waals surface area contributed by atoms with Gasteiger partial charge in [-0.05, 0) is 43.9 Å². The third-order valence-electron chi connectivity index (χ3n) is 3.98. The summed E-state index contributed by atoms with van der Waals surface area (Å²) in [6.45, 7) is 5.77. The molecule has 3 heteroatoms. The molecule has 0 radical (unpaired) electrons. The van der Waals surface area contributed by atoms with Crippen LogP contribution in [-0.2, 0) is 0 Å². The highest BCUT2D eigenvalue weighted by Gasteiger charge is 2.46. The van der Waals surface area contributed by atoms with Crippen LogP contribution in [0, 0.1) is 24.2 Å². The van der Waals surface area contributed by atoms with Gasteiger partial charge in [-0.1, -0.05) is 25.1 Å². The number of para-hydroxylation sites is 1. The molecule has 3 nitrogen and oxygen atoms in total. The molecule has 0 saturated heterocycles. The largest absolute Gasteiger partial charge is 0.371 e. The van der Waals surface area contributed by atoms with Crippen LogP contribution in [0.5, 0.6) is 0 Å². The van der Waals surface area contributed by atoms with Crippen molar-refractivity contribution >= 4 is 5.69 Å². The molecule has 1 aliphatic rings. The van der Waals surface area contributed by atoms with Crippen LogP contribution in [0.4, 0.5) is 5.69 Å². The maximum Gasteiger partial charge on any atom is 0.127 e. The van der Waals surface area contributed by atoms with Crippen molar-refractivity contribution in [1.29, 1.82) is 5.26 Å². The smallest absolute Gasteiger partial charge is 0.127 e. The van der Waals surface area contributed by atoms with Gasteiger partial charge >= 0.3 is 0 Å². The number of likely N-dealkylation sites (N-methyl/N-ethyl adjacent to an activating group) is 2. The summed E-state index contributed by atoms with van der Waals surface area (Å²) in [6.07, 6.45) is 2.34. The average Bonchev–Trinajstić information content (AvgIpc) is 3.23. The van der Waals surface area contributed by atoms with Gasteiger partial charge < -0.3 is 4.90 Å². The van der Waals surface area contributed by atoms with Crippen LogP contribution in [0.25, 0.3) is 0 Å². The molecule has 19 heavy (non-hydrogen) atoms. The van der Waals surface area contributed by atoms with Gasteiger partial charge in [0.2, 0.25) is 0 Å². The van der Waals surface area contributed by atoms with E-state index in [1.54, 1.807) is 0 Å². The second kappa shape index (κ2) is 5.63. The van der Waals surface area contributed by atoms with E-state index in [9.17, 15) is 5.26 Å². The lowest BCUT2D eigenvalue weighted by Crippen LogP contribution is -2.53. The van der Waals surface area contributed by atoms with E-state index in [0.29, 0.717) is 5.92 Å². The number of aryl methyl sites for hydroxylation is 1. The second-order valence-corrected chi connectivity index (χ2v) is 5.53. The first-order valence-electron chi connectivity index (χ1n) is 7.06. The number of anilines is 1. The highest BCUT2D eigenvalue weighted by atomic mass is 15.2. The molecule has 1 atom stereocenters. The average molecular weight is 257 g/mol. The van der Waals surface area contributed by atoms with E-state index in [0.717, 1.165) is 13.1 Å². The minimum Gasteiger partial charge on any atom is -0.371 e. The van der Waals surface area contributed by atoms with E-state index >= 15 is 0 Å². The summed E-state index contributed by atoms with van der Waals surface area (Å²) >= 11 is 0. The fraction of sp³-hybridized carbons (Fsp3) is 0.562. The number of benzene rings is 1. The highest BCUT2D eigenvalue weighted by Crippen LogP contribution is 2.40. The maximum atomic E-state index is 9.64. The molecule has 0 bridgehead atoms. The molecule has 0 amide bonds. The van der Waals surface area contributed by atoms with Crippen molar-refractivity contribution in [3.8, 4) is 6.07 Å². The Morgan fingerprint density at radius 2 is 2.11 bits per heavy atom. The van der Waals surface area contributed by atoms with E-state index in [1.807, 2.05) is 0 Å². The number of hydrogen-bond donors (Lipinski definition) is 1. The predicted molar refractivity (Wildman–Crippen MR) is 79.2 cm³/mol. The van der Waals surface area contributed by atoms with Gasteiger partial charge in [0.05, 0.1) is 6.07 Å². The molecule has 0 heterocycles. The van der Waals surface area contributed by atoms with Gasteiger partial charge in [0.1, 0.15) is 5.54 Å². The fourth-order valence-electron chi connectivity index (χ4n) is 2.84. The van der Waals surface area contributed by atoms with Gasteiger partial charge in [0, 0.05) is 19.3 Å². The third kappa shape index (κ3) is 2.90. The van der Waals surface area contributed by atoms with Gasteiger partial charge in [-0.3, -0.25) is 5.32 Å². The van der Waals surface area contributed by atoms with E-state index in [4.69, 9.17) is 0 Å². The van der Waals surface area contributed by atoms with Crippen LogP contribution < -0.4 is 10.2 Å². The van der Waals surface area contributed by atoms with Crippen LogP contribution in [0.15, 0.2) is 24.3 Å². The summed E-state index contributed by atoms with van der Waals surface area (Å²) < 4.78 is 0. The quantitative estimate of drug-likeness (QED) is 0.851. The van der Waals surface area contributed by atoms with Crippen LogP contribution >= 0.6 is 0 Å². The summed E-state index contributed by atoms with van der Waals surface area (Å²) in [7, 11) is 2.08. The van der Waals surface area contributed by atoms with E-state index in [-0.39, 0.29) is 0 Å². The van der Waals surface area contributed by atoms with Crippen molar-refractivity contribution in [2.45, 2.75) is 32.2 Å². The monoisotopic (exact) mass is 257 g/mol. The van der Waals surface area contributed by atoms with Gasteiger partial charge in [-0.15, -0.1) is 0 Å². The van der Waals surface area contributed by atoms with Crippen LogP contribution in [0.1, 0.15) is 25.3 Å². The summed E-state index contributed by atoms with van der Waals surface area (Å²) in [6, 6.07) is 10.9. The Bertz CT molecular complexity index is 473. The van der Waals surface area contributed by atoms with Crippen LogP contribution in [0.2, 0.25) is 0 Å². The zero-order chi connectivity index (χ0) is 13.9. The molecule has 1 aliphatic carbocycles. The molecule has 102 valence electrons. The van der Waals surface area contributed by atoms with Crippen molar-refractivity contribution in [3.05, 3.63) is 29.8 Å². The first kappa shape index (κ1) is 13.9. The number of nitrogens with one attached hydrogen (secondary N) is 1. The number of nitriles is 1. The standard InChI is InChI=1S/C16H23N3/c1-4-18-16(11-17,14-9-10-14)12-19(3)15-8-6-5-7-13(15)2/h5-8,14,18H,4,9-10,12H2,1-3H3. The van der Waals surface area contributed by atoms with Gasteiger partial charge in [0.25, 0.3) is 0 Å². The second-order valence-electron chi connectivity index (χ2n) is 5.53. The molecule has 1 aromatic carbocycles. The van der Waals surface area contributed by atoms with Crippen molar-refractivity contribution in [1.82, 2.24) is 5.32 Å². The number of rotatable bonds is 6. The topological polar surface area (TPSA) is 39.1 Å². The Labute approximate surface area is 116 Å². The molecular formula is C16H23N3. The van der Waals surface area contributed by atoms with Crippen molar-refractivity contribution in [3.63, 3.8) is 0 Å². The molecule has 2 rings (SSSR count). The van der Waals surface area contributed by atoms with Gasteiger partial charge in [-0.25, -0.2) is 0 Å². The minimum atomic E-state index is -0.397. The fourth-order valence-corrected chi connectivity index (χ4v) is 2.84. The SMILES string of the molecule is CCNC(C#N)(CN(C)c1ccccc1C)C1CC1. The van der Waals surface area contributed by atoms with E-state index < -0.39 is 5.54 Å². The summed E-state index contributed by atoms with van der Waals surface area (Å²) in [4.78, 5) is 2.21. The maximum absolute atomic E-state index is 9.64. The number of hydrogen-bond acceptors (Lipinski definition) is 3. The Kier molecular flexibility index (Phi) is 4.11. The Balaban J connectivity index is 2.18. The highest BCUT2D eigenvalue weighted by molar-refractivity contribution is 5.53. The Morgan fingerprint density at radius 1 is 1.42 bits per heavy atom. The number of nitrogens with zero attached hydrogens (tertiary/aromatic N) is 2. The lowest BCUT2D eigenvalue weighted by atomic mass is 9.93. The lowest BCUT2D eigenvalue weighted by molar-refractivity contribution is 0.377. The summed E-state index contributed by atoms with van der Waals surface area (Å²) in [5, 5.41) is 13.1. The Hall–Kier alpha value is -1.53. The normalized spacial score (nSPS) is 17.6. The summed E-state index contributed by atoms with van der Waals surface area (Å²) in [5.74, 6) is 0.504. The lowest BCUT2D eigenvalue weighted by Gasteiger charge is -2.34. The van der Waals surface area contributed by atoms with Crippen molar-refractivity contribution in [2.75, 3.05) is 25.0 Å². The zero-order valence-corrected chi connectivity index (χ0v) is 12.1. The van der Waals surface area contributed by atoms with Gasteiger partial charge in [0.15, 0.2) is 0 Å². The molecule has 0 aromatic heterocycles. The van der Waals surface area contributed by atoms with Gasteiger partial charge in [-0.2, -0.15) is 5.26 Å². The first-order chi connectivity index (χ1) is 9.13. The molecule has 1 unspecified atom stereocenters. The molecule has 1 fully saturated rings. The summed E-state index contributed by atoms with van der Waals surface area (Å²) in [5.41, 5.74) is 2.07. The van der Waals surface area contributed by atoms with Crippen LogP contribution in [-0.4, -0.2) is 25.7 Å². The molecule has 1 saturated carbocycles. The molecule has 0 spiro atoms. The van der Waals surface area contributed by atoms with Crippen LogP contribution in [0.3, 0.4) is 0 Å². The molecule has 0 aliphatic heterocycles. The minimum absolute atomic E-state index is 0.397. The molecule has 1 aromatic rings. The van der Waals surface area contributed by atoms with Crippen molar-refractivity contribution < 1.29 is 0 Å². The van der Waals surface area contributed by atoms with E-state index in [2.05, 4.69) is 61.4 Å². The van der Waals surface area contributed by atoms with Crippen molar-refractivity contribution in [2.24, 2.45) is 5.92 Å². The predicted octanol–water partition coefficient (Wildman–Crippen LogP) is 2.71. The van der Waals surface area contributed by atoms with E-state index in [1.165, 1.54) is 24.1 Å².